The van der Waals surface area contributed by atoms with Crippen LogP contribution in [0.4, 0.5) is 0 Å². The Balaban J connectivity index is 2.19. The predicted molar refractivity (Wildman–Crippen MR) is 67.6 cm³/mol. The quantitative estimate of drug-likeness (QED) is 0.881. The van der Waals surface area contributed by atoms with Crippen molar-refractivity contribution in [3.05, 3.63) is 24.3 Å². The molecule has 0 spiro atoms. The van der Waals surface area contributed by atoms with Crippen molar-refractivity contribution in [2.24, 2.45) is 11.7 Å². The van der Waals surface area contributed by atoms with E-state index < -0.39 is 0 Å². The summed E-state index contributed by atoms with van der Waals surface area (Å²) >= 11 is 0. The summed E-state index contributed by atoms with van der Waals surface area (Å²) in [5, 5.41) is 0. The van der Waals surface area contributed by atoms with Crippen LogP contribution >= 0.6 is 0 Å². The molecule has 4 heteroatoms. The fraction of sp³-hybridized carbons (Fsp3) is 0.538. The maximum absolute atomic E-state index is 6.26. The van der Waals surface area contributed by atoms with Crippen LogP contribution in [-0.4, -0.2) is 14.5 Å². The fourth-order valence-corrected chi connectivity index (χ4v) is 2.22. The second kappa shape index (κ2) is 3.81. The molecule has 4 nitrogen and oxygen atoms in total. The van der Waals surface area contributed by atoms with Gasteiger partial charge in [-0.15, -0.1) is 0 Å². The minimum atomic E-state index is 0.00278. The van der Waals surface area contributed by atoms with Gasteiger partial charge in [-0.3, -0.25) is 4.98 Å². The third kappa shape index (κ3) is 1.72. The lowest BCUT2D eigenvalue weighted by molar-refractivity contribution is 0.470. The summed E-state index contributed by atoms with van der Waals surface area (Å²) in [6.07, 6.45) is 6.13. The van der Waals surface area contributed by atoms with Crippen molar-refractivity contribution in [1.82, 2.24) is 14.5 Å². The molecule has 1 atom stereocenters. The van der Waals surface area contributed by atoms with E-state index in [1.165, 1.54) is 18.4 Å². The van der Waals surface area contributed by atoms with Crippen LogP contribution in [0.15, 0.2) is 18.5 Å². The Kier molecular flexibility index (Phi) is 2.40. The lowest BCUT2D eigenvalue weighted by Gasteiger charge is -2.17. The molecule has 0 saturated heterocycles. The average molecular weight is 230 g/mol. The highest BCUT2D eigenvalue weighted by Crippen LogP contribution is 2.40. The number of aromatic nitrogens is 3. The molecule has 0 aliphatic heterocycles. The van der Waals surface area contributed by atoms with Gasteiger partial charge in [-0.2, -0.15) is 0 Å². The van der Waals surface area contributed by atoms with Gasteiger partial charge in [0, 0.05) is 12.2 Å². The van der Waals surface area contributed by atoms with Crippen molar-refractivity contribution in [1.29, 1.82) is 0 Å². The van der Waals surface area contributed by atoms with Crippen LogP contribution in [-0.2, 0) is 0 Å². The highest BCUT2D eigenvalue weighted by atomic mass is 15.2. The number of hydrogen-bond donors (Lipinski definition) is 1. The zero-order chi connectivity index (χ0) is 12.0. The average Bonchev–Trinajstić information content (AvgIpc) is 3.08. The van der Waals surface area contributed by atoms with Gasteiger partial charge in [0.05, 0.1) is 17.8 Å². The molecule has 2 heterocycles. The van der Waals surface area contributed by atoms with Gasteiger partial charge >= 0.3 is 0 Å². The van der Waals surface area contributed by atoms with Crippen molar-refractivity contribution < 1.29 is 0 Å². The van der Waals surface area contributed by atoms with E-state index in [0.29, 0.717) is 12.0 Å². The third-order valence-corrected chi connectivity index (χ3v) is 3.45. The molecule has 1 aliphatic rings. The number of rotatable bonds is 3. The topological polar surface area (TPSA) is 56.7 Å². The van der Waals surface area contributed by atoms with E-state index in [1.54, 1.807) is 0 Å². The minimum Gasteiger partial charge on any atom is -0.323 e. The van der Waals surface area contributed by atoms with Crippen molar-refractivity contribution in [2.75, 3.05) is 0 Å². The number of nitrogens with two attached hydrogens (primary N) is 1. The molecule has 1 saturated carbocycles. The molecule has 2 aromatic rings. The van der Waals surface area contributed by atoms with E-state index in [9.17, 15) is 0 Å². The first-order valence-electron chi connectivity index (χ1n) is 6.26. The van der Waals surface area contributed by atoms with E-state index in [0.717, 1.165) is 11.3 Å². The van der Waals surface area contributed by atoms with Crippen molar-refractivity contribution in [3.63, 3.8) is 0 Å². The predicted octanol–water partition coefficient (Wildman–Crippen LogP) is 2.42. The summed E-state index contributed by atoms with van der Waals surface area (Å²) in [5.41, 5.74) is 8.40. The number of nitrogens with zero attached hydrogens (tertiary/aromatic N) is 3. The van der Waals surface area contributed by atoms with E-state index in [2.05, 4.69) is 28.4 Å². The zero-order valence-electron chi connectivity index (χ0n) is 10.3. The largest absolute Gasteiger partial charge is 0.323 e. The summed E-state index contributed by atoms with van der Waals surface area (Å²) in [7, 11) is 0. The van der Waals surface area contributed by atoms with Crippen LogP contribution in [0.3, 0.4) is 0 Å². The van der Waals surface area contributed by atoms with Crippen LogP contribution in [0.1, 0.15) is 44.6 Å². The molecule has 1 aliphatic carbocycles. The lowest BCUT2D eigenvalue weighted by Crippen LogP contribution is -2.21. The normalized spacial score (nSPS) is 17.9. The summed E-state index contributed by atoms with van der Waals surface area (Å²) in [6.45, 7) is 4.28. The SMILES string of the molecule is CC(C)[C@H](N)c1nc2cnccc2n1C1CC1. The van der Waals surface area contributed by atoms with Crippen LogP contribution in [0.5, 0.6) is 0 Å². The summed E-state index contributed by atoms with van der Waals surface area (Å²) < 4.78 is 2.32. The van der Waals surface area contributed by atoms with Crippen molar-refractivity contribution in [3.8, 4) is 0 Å². The number of hydrogen-bond acceptors (Lipinski definition) is 3. The summed E-state index contributed by atoms with van der Waals surface area (Å²) in [5.74, 6) is 1.42. The monoisotopic (exact) mass is 230 g/mol. The maximum Gasteiger partial charge on any atom is 0.127 e. The van der Waals surface area contributed by atoms with E-state index in [4.69, 9.17) is 5.73 Å². The van der Waals surface area contributed by atoms with Crippen LogP contribution in [0, 0.1) is 5.92 Å². The molecular weight excluding hydrogens is 212 g/mol. The molecular formula is C13H18N4. The van der Waals surface area contributed by atoms with Gasteiger partial charge in [0.2, 0.25) is 0 Å². The molecule has 0 amide bonds. The molecule has 1 fully saturated rings. The van der Waals surface area contributed by atoms with E-state index in [1.807, 2.05) is 18.5 Å². The zero-order valence-corrected chi connectivity index (χ0v) is 10.3. The number of imidazole rings is 1. The molecule has 3 rings (SSSR count). The fourth-order valence-electron chi connectivity index (χ4n) is 2.22. The summed E-state index contributed by atoms with van der Waals surface area (Å²) in [6, 6.07) is 2.64. The van der Waals surface area contributed by atoms with Gasteiger partial charge in [0.25, 0.3) is 0 Å². The van der Waals surface area contributed by atoms with Gasteiger partial charge in [0.15, 0.2) is 0 Å². The molecule has 2 N–H and O–H groups in total. The molecule has 2 aromatic heterocycles. The van der Waals surface area contributed by atoms with E-state index in [-0.39, 0.29) is 6.04 Å². The second-order valence-corrected chi connectivity index (χ2v) is 5.21. The first kappa shape index (κ1) is 10.7. The van der Waals surface area contributed by atoms with Crippen LogP contribution in [0.25, 0.3) is 11.0 Å². The Hall–Kier alpha value is -1.42. The molecule has 0 unspecified atom stereocenters. The number of fused-ring (bicyclic) bond motifs is 1. The maximum atomic E-state index is 6.26. The Labute approximate surface area is 101 Å². The molecule has 90 valence electrons. The molecule has 17 heavy (non-hydrogen) atoms. The minimum absolute atomic E-state index is 0.00278. The van der Waals surface area contributed by atoms with E-state index >= 15 is 0 Å². The smallest absolute Gasteiger partial charge is 0.127 e. The van der Waals surface area contributed by atoms with Gasteiger partial charge in [-0.25, -0.2) is 4.98 Å². The Morgan fingerprint density at radius 1 is 1.41 bits per heavy atom. The second-order valence-electron chi connectivity index (χ2n) is 5.21. The van der Waals surface area contributed by atoms with Gasteiger partial charge in [-0.05, 0) is 24.8 Å². The van der Waals surface area contributed by atoms with Crippen LogP contribution < -0.4 is 5.73 Å². The van der Waals surface area contributed by atoms with Crippen molar-refractivity contribution >= 4 is 11.0 Å². The summed E-state index contributed by atoms with van der Waals surface area (Å²) in [4.78, 5) is 8.81. The highest BCUT2D eigenvalue weighted by Gasteiger charge is 2.30. The Morgan fingerprint density at radius 2 is 2.18 bits per heavy atom. The highest BCUT2D eigenvalue weighted by molar-refractivity contribution is 5.75. The van der Waals surface area contributed by atoms with Gasteiger partial charge in [-0.1, -0.05) is 13.8 Å². The Morgan fingerprint density at radius 3 is 2.82 bits per heavy atom. The molecule has 0 bridgehead atoms. The van der Waals surface area contributed by atoms with Crippen LogP contribution in [0.2, 0.25) is 0 Å². The lowest BCUT2D eigenvalue weighted by atomic mass is 10.1. The standard InChI is InChI=1S/C13H18N4/c1-8(2)12(14)13-16-10-7-15-6-5-11(10)17(13)9-3-4-9/h5-9,12H,3-4,14H2,1-2H3/t12-/m0/s1. The number of pyridine rings is 1. The first-order valence-corrected chi connectivity index (χ1v) is 6.26. The van der Waals surface area contributed by atoms with Gasteiger partial charge < -0.3 is 10.3 Å². The molecule has 0 radical (unpaired) electrons. The third-order valence-electron chi connectivity index (χ3n) is 3.45. The van der Waals surface area contributed by atoms with Crippen molar-refractivity contribution in [2.45, 2.75) is 38.8 Å². The van der Waals surface area contributed by atoms with Gasteiger partial charge in [0.1, 0.15) is 11.3 Å². The Bertz CT molecular complexity index is 539. The molecule has 0 aromatic carbocycles. The first-order chi connectivity index (χ1) is 8.18.